The van der Waals surface area contributed by atoms with Gasteiger partial charge in [0.1, 0.15) is 17.0 Å². The first-order valence-corrected chi connectivity index (χ1v) is 11.5. The van der Waals surface area contributed by atoms with Crippen molar-refractivity contribution < 1.29 is 4.39 Å². The van der Waals surface area contributed by atoms with Crippen LogP contribution in [-0.4, -0.2) is 46.1 Å². The van der Waals surface area contributed by atoms with Crippen molar-refractivity contribution in [1.82, 2.24) is 39.2 Å². The molecule has 5 aromatic heterocycles. The number of aromatic nitrogens is 7. The molecule has 0 aromatic carbocycles. The van der Waals surface area contributed by atoms with Gasteiger partial charge in [0.15, 0.2) is 0 Å². The molecule has 0 bridgehead atoms. The molecular weight excluding hydrogens is 431 g/mol. The SMILES string of the molecule is FC1(CNCc2ccc3nc(Cn4cc(-c5cncc(-n6cccc6)c5)nn4)cn3c2)CCC1. The molecule has 0 saturated heterocycles. The molecule has 5 aromatic rings. The van der Waals surface area contributed by atoms with E-state index in [4.69, 9.17) is 4.98 Å². The van der Waals surface area contributed by atoms with E-state index in [0.717, 1.165) is 40.3 Å². The van der Waals surface area contributed by atoms with Crippen molar-refractivity contribution >= 4 is 5.65 Å². The number of halogens is 1. The van der Waals surface area contributed by atoms with Crippen LogP contribution in [0.25, 0.3) is 22.6 Å². The number of fused-ring (bicyclic) bond motifs is 1. The number of nitrogens with zero attached hydrogens (tertiary/aromatic N) is 7. The van der Waals surface area contributed by atoms with Gasteiger partial charge >= 0.3 is 0 Å². The zero-order chi connectivity index (χ0) is 23.0. The molecule has 0 spiro atoms. The van der Waals surface area contributed by atoms with Gasteiger partial charge in [-0.05, 0) is 49.1 Å². The fraction of sp³-hybridized carbons (Fsp3) is 0.280. The second-order valence-corrected chi connectivity index (χ2v) is 8.97. The maximum atomic E-state index is 14.2. The number of hydrogen-bond acceptors (Lipinski definition) is 5. The third-order valence-electron chi connectivity index (χ3n) is 6.37. The first-order valence-electron chi connectivity index (χ1n) is 11.5. The summed E-state index contributed by atoms with van der Waals surface area (Å²) in [6, 6.07) is 10.0. The highest BCUT2D eigenvalue weighted by Gasteiger charge is 2.36. The number of pyridine rings is 2. The van der Waals surface area contributed by atoms with E-state index in [-0.39, 0.29) is 0 Å². The Kier molecular flexibility index (Phi) is 5.18. The normalized spacial score (nSPS) is 15.0. The van der Waals surface area contributed by atoms with Crippen molar-refractivity contribution in [2.75, 3.05) is 6.54 Å². The van der Waals surface area contributed by atoms with Gasteiger partial charge in [-0.2, -0.15) is 0 Å². The fourth-order valence-corrected chi connectivity index (χ4v) is 4.33. The van der Waals surface area contributed by atoms with Crippen LogP contribution in [0.15, 0.2) is 73.7 Å². The quantitative estimate of drug-likeness (QED) is 0.384. The predicted molar refractivity (Wildman–Crippen MR) is 126 cm³/mol. The molecule has 1 aliphatic carbocycles. The minimum absolute atomic E-state index is 0.415. The summed E-state index contributed by atoms with van der Waals surface area (Å²) in [5, 5.41) is 11.9. The molecular formula is C25H25FN8. The van der Waals surface area contributed by atoms with Gasteiger partial charge in [-0.15, -0.1) is 5.10 Å². The zero-order valence-electron chi connectivity index (χ0n) is 18.7. The van der Waals surface area contributed by atoms with Crippen LogP contribution >= 0.6 is 0 Å². The molecule has 8 nitrogen and oxygen atoms in total. The van der Waals surface area contributed by atoms with Gasteiger partial charge in [0.05, 0.1) is 30.3 Å². The Morgan fingerprint density at radius 2 is 1.94 bits per heavy atom. The molecule has 34 heavy (non-hydrogen) atoms. The van der Waals surface area contributed by atoms with Crippen molar-refractivity contribution in [2.45, 2.75) is 38.0 Å². The Labute approximate surface area is 196 Å². The standard InChI is InChI=1S/C25H25FN8/c26-25(6-3-7-25)18-28-11-19-4-5-24-29-21(15-33(24)14-19)16-34-17-23(30-31-34)20-10-22(13-27-12-20)32-8-1-2-9-32/h1-2,4-5,8-10,12-15,17,28H,3,6-7,11,16,18H2. The first kappa shape index (κ1) is 20.7. The molecule has 0 radical (unpaired) electrons. The number of hydrogen-bond donors (Lipinski definition) is 1. The van der Waals surface area contributed by atoms with Gasteiger partial charge < -0.3 is 14.3 Å². The number of nitrogens with one attached hydrogen (secondary N) is 1. The Morgan fingerprint density at radius 1 is 1.06 bits per heavy atom. The average molecular weight is 457 g/mol. The highest BCUT2D eigenvalue weighted by Crippen LogP contribution is 2.34. The summed E-state index contributed by atoms with van der Waals surface area (Å²) in [5.74, 6) is 0. The minimum Gasteiger partial charge on any atom is -0.322 e. The van der Waals surface area contributed by atoms with Crippen LogP contribution in [0, 0.1) is 0 Å². The minimum atomic E-state index is -1.01. The fourth-order valence-electron chi connectivity index (χ4n) is 4.33. The lowest BCUT2D eigenvalue weighted by atomic mass is 9.82. The van der Waals surface area contributed by atoms with Gasteiger partial charge in [0.2, 0.25) is 0 Å². The molecule has 6 rings (SSSR count). The van der Waals surface area contributed by atoms with Crippen LogP contribution in [0.1, 0.15) is 30.5 Å². The van der Waals surface area contributed by atoms with E-state index in [1.165, 1.54) is 0 Å². The topological polar surface area (TPSA) is 77.9 Å². The van der Waals surface area contributed by atoms with E-state index >= 15 is 0 Å². The second-order valence-electron chi connectivity index (χ2n) is 8.97. The van der Waals surface area contributed by atoms with E-state index in [2.05, 4.69) is 20.6 Å². The van der Waals surface area contributed by atoms with Crippen molar-refractivity contribution in [2.24, 2.45) is 0 Å². The monoisotopic (exact) mass is 456 g/mol. The lowest BCUT2D eigenvalue weighted by molar-refractivity contribution is 0.0630. The molecule has 0 amide bonds. The Bertz CT molecular complexity index is 1410. The summed E-state index contributed by atoms with van der Waals surface area (Å²) in [6.07, 6.45) is 15.8. The summed E-state index contributed by atoms with van der Waals surface area (Å²) in [7, 11) is 0. The Balaban J connectivity index is 1.14. The number of rotatable bonds is 8. The molecule has 1 aliphatic rings. The summed E-state index contributed by atoms with van der Waals surface area (Å²) >= 11 is 0. The first-order chi connectivity index (χ1) is 16.6. The van der Waals surface area contributed by atoms with Gasteiger partial charge in [-0.3, -0.25) is 4.98 Å². The van der Waals surface area contributed by atoms with Gasteiger partial charge in [0.25, 0.3) is 0 Å². The number of alkyl halides is 1. The highest BCUT2D eigenvalue weighted by atomic mass is 19.1. The lowest BCUT2D eigenvalue weighted by Gasteiger charge is -2.33. The van der Waals surface area contributed by atoms with Crippen LogP contribution in [0.3, 0.4) is 0 Å². The molecule has 0 aliphatic heterocycles. The molecule has 9 heteroatoms. The molecule has 1 N–H and O–H groups in total. The van der Waals surface area contributed by atoms with Crippen LogP contribution in [0.5, 0.6) is 0 Å². The van der Waals surface area contributed by atoms with Crippen molar-refractivity contribution in [3.63, 3.8) is 0 Å². The summed E-state index contributed by atoms with van der Waals surface area (Å²) in [5.41, 5.74) is 4.47. The second kappa shape index (κ2) is 8.49. The van der Waals surface area contributed by atoms with Gasteiger partial charge in [-0.1, -0.05) is 11.3 Å². The molecule has 0 unspecified atom stereocenters. The molecule has 5 heterocycles. The third-order valence-corrected chi connectivity index (χ3v) is 6.37. The van der Waals surface area contributed by atoms with Crippen LogP contribution in [0.2, 0.25) is 0 Å². The molecule has 0 atom stereocenters. The lowest BCUT2D eigenvalue weighted by Crippen LogP contribution is -2.42. The maximum Gasteiger partial charge on any atom is 0.137 e. The van der Waals surface area contributed by atoms with Crippen molar-refractivity contribution in [3.05, 3.63) is 85.0 Å². The van der Waals surface area contributed by atoms with Crippen LogP contribution in [0.4, 0.5) is 4.39 Å². The van der Waals surface area contributed by atoms with Crippen LogP contribution < -0.4 is 5.32 Å². The smallest absolute Gasteiger partial charge is 0.137 e. The van der Waals surface area contributed by atoms with Gasteiger partial charge in [-0.25, -0.2) is 14.1 Å². The predicted octanol–water partition coefficient (Wildman–Crippen LogP) is 3.81. The van der Waals surface area contributed by atoms with E-state index < -0.39 is 5.67 Å². The largest absolute Gasteiger partial charge is 0.322 e. The van der Waals surface area contributed by atoms with Crippen molar-refractivity contribution in [1.29, 1.82) is 0 Å². The van der Waals surface area contributed by atoms with Gasteiger partial charge in [0, 0.05) is 49.6 Å². The zero-order valence-corrected chi connectivity index (χ0v) is 18.7. The molecule has 1 saturated carbocycles. The Morgan fingerprint density at radius 3 is 2.76 bits per heavy atom. The molecule has 172 valence electrons. The highest BCUT2D eigenvalue weighted by molar-refractivity contribution is 5.59. The van der Waals surface area contributed by atoms with Crippen LogP contribution in [-0.2, 0) is 13.1 Å². The maximum absolute atomic E-state index is 14.2. The van der Waals surface area contributed by atoms with E-state index in [1.54, 1.807) is 10.9 Å². The third kappa shape index (κ3) is 4.22. The average Bonchev–Trinajstić information content (AvgIpc) is 3.59. The summed E-state index contributed by atoms with van der Waals surface area (Å²) in [4.78, 5) is 9.05. The van der Waals surface area contributed by atoms with E-state index in [0.29, 0.717) is 32.5 Å². The Hall–Kier alpha value is -3.85. The summed E-state index contributed by atoms with van der Waals surface area (Å²) in [6.45, 7) is 1.56. The van der Waals surface area contributed by atoms with Crippen molar-refractivity contribution in [3.8, 4) is 16.9 Å². The number of imidazole rings is 1. The molecule has 1 fully saturated rings. The van der Waals surface area contributed by atoms with E-state index in [9.17, 15) is 4.39 Å². The van der Waals surface area contributed by atoms with E-state index in [1.807, 2.05) is 76.5 Å². The summed E-state index contributed by atoms with van der Waals surface area (Å²) < 4.78 is 20.0.